The molecule has 0 radical (unpaired) electrons. The summed E-state index contributed by atoms with van der Waals surface area (Å²) >= 11 is 27.7. The topological polar surface area (TPSA) is 49.4 Å². The van der Waals surface area contributed by atoms with Gasteiger partial charge in [0.15, 0.2) is 0 Å². The average molecular weight is 653 g/mol. The Morgan fingerprint density at radius 1 is 0.683 bits per heavy atom. The number of anilines is 4. The Bertz CT molecular complexity index is 1400. The molecule has 0 aliphatic carbocycles. The van der Waals surface area contributed by atoms with Crippen LogP contribution < -0.4 is 10.2 Å². The van der Waals surface area contributed by atoms with Crippen molar-refractivity contribution in [3.63, 3.8) is 0 Å². The first-order valence-electron chi connectivity index (χ1n) is 12.5. The fraction of sp³-hybridized carbons (Fsp3) is 0.188. The van der Waals surface area contributed by atoms with E-state index in [1.165, 1.54) is 5.56 Å². The molecule has 4 nitrogen and oxygen atoms in total. The first-order chi connectivity index (χ1) is 19.5. The van der Waals surface area contributed by atoms with Crippen LogP contribution >= 0.6 is 58.0 Å². The van der Waals surface area contributed by atoms with Gasteiger partial charge in [-0.3, -0.25) is 14.5 Å². The largest absolute Gasteiger partial charge is 0.354 e. The molecule has 0 saturated carbocycles. The molecule has 9 heteroatoms. The Morgan fingerprint density at radius 2 is 1.17 bits per heavy atom. The number of carbonyl (C=O) groups excluding carboxylic acids is 2. The monoisotopic (exact) mass is 650 g/mol. The van der Waals surface area contributed by atoms with Crippen LogP contribution in [0.3, 0.4) is 0 Å². The summed E-state index contributed by atoms with van der Waals surface area (Å²) in [5.74, 6) is -0.396. The number of aryl methyl sites for hydroxylation is 4. The van der Waals surface area contributed by atoms with Crippen molar-refractivity contribution in [2.45, 2.75) is 27.7 Å². The van der Waals surface area contributed by atoms with E-state index in [-0.39, 0.29) is 17.7 Å². The summed E-state index contributed by atoms with van der Waals surface area (Å²) in [5.41, 5.74) is 7.94. The van der Waals surface area contributed by atoms with Crippen LogP contribution in [0.15, 0.2) is 84.9 Å². The van der Waals surface area contributed by atoms with Gasteiger partial charge in [0.25, 0.3) is 0 Å². The number of para-hydroxylation sites is 2. The zero-order valence-corrected chi connectivity index (χ0v) is 26.9. The minimum absolute atomic E-state index is 0.0957. The SMILES string of the molecule is Cc1ccc(N(C(=O)CCl)c2c(C)cccc2Cl)cc1.Cc1ccc(Nc2c(C)cccc2Cl)cc1.O=C(Cl)CCl. The molecule has 0 atom stereocenters. The van der Waals surface area contributed by atoms with Gasteiger partial charge in [-0.1, -0.05) is 82.9 Å². The summed E-state index contributed by atoms with van der Waals surface area (Å²) in [6.45, 7) is 8.04. The lowest BCUT2D eigenvalue weighted by Gasteiger charge is -2.25. The molecule has 0 unspecified atom stereocenters. The minimum Gasteiger partial charge on any atom is -0.354 e. The fourth-order valence-electron chi connectivity index (χ4n) is 3.63. The van der Waals surface area contributed by atoms with E-state index in [0.29, 0.717) is 10.7 Å². The maximum absolute atomic E-state index is 12.2. The van der Waals surface area contributed by atoms with E-state index in [1.54, 1.807) is 11.0 Å². The van der Waals surface area contributed by atoms with Gasteiger partial charge in [-0.25, -0.2) is 0 Å². The summed E-state index contributed by atoms with van der Waals surface area (Å²) in [4.78, 5) is 23.3. The van der Waals surface area contributed by atoms with Gasteiger partial charge in [-0.2, -0.15) is 0 Å². The third-order valence-electron chi connectivity index (χ3n) is 5.72. The van der Waals surface area contributed by atoms with Gasteiger partial charge in [0.2, 0.25) is 11.1 Å². The van der Waals surface area contributed by atoms with Gasteiger partial charge in [0.1, 0.15) is 5.88 Å². The van der Waals surface area contributed by atoms with Crippen molar-refractivity contribution in [3.8, 4) is 0 Å². The molecular weight excluding hydrogens is 622 g/mol. The Morgan fingerprint density at radius 3 is 1.63 bits per heavy atom. The Hall–Kier alpha value is -2.73. The molecule has 0 aliphatic heterocycles. The van der Waals surface area contributed by atoms with Crippen LogP contribution in [0, 0.1) is 27.7 Å². The van der Waals surface area contributed by atoms with Crippen LogP contribution in [0.4, 0.5) is 22.7 Å². The number of halogens is 5. The fourth-order valence-corrected chi connectivity index (χ4v) is 4.32. The molecule has 1 amide bonds. The molecule has 0 heterocycles. The predicted octanol–water partition coefficient (Wildman–Crippen LogP) is 10.6. The second kappa shape index (κ2) is 17.3. The van der Waals surface area contributed by atoms with E-state index >= 15 is 0 Å². The standard InChI is InChI=1S/C16H15Cl2NO.C14H14ClN.C2H2Cl2O/c1-11-6-8-13(9-7-11)19(15(20)10-17)16-12(2)4-3-5-14(16)18;1-10-6-8-12(9-7-10)16-14-11(2)4-3-5-13(14)15;3-1-2(4)5/h3-9H,10H2,1-2H3;3-9,16H,1-2H3;1H2. The molecule has 1 N–H and O–H groups in total. The van der Waals surface area contributed by atoms with Crippen LogP contribution in [0.2, 0.25) is 10.0 Å². The lowest BCUT2D eigenvalue weighted by atomic mass is 10.1. The molecule has 4 rings (SSSR count). The van der Waals surface area contributed by atoms with Crippen LogP contribution in [0.1, 0.15) is 22.3 Å². The first-order valence-corrected chi connectivity index (χ1v) is 14.7. The van der Waals surface area contributed by atoms with Gasteiger partial charge in [0.05, 0.1) is 27.3 Å². The summed E-state index contributed by atoms with van der Waals surface area (Å²) in [6, 6.07) is 27.4. The third-order valence-corrected chi connectivity index (χ3v) is 7.08. The molecule has 216 valence electrons. The van der Waals surface area contributed by atoms with Gasteiger partial charge < -0.3 is 5.32 Å². The lowest BCUT2D eigenvalue weighted by molar-refractivity contribution is -0.115. The van der Waals surface area contributed by atoms with Crippen molar-refractivity contribution >= 4 is 91.9 Å². The molecule has 0 bridgehead atoms. The van der Waals surface area contributed by atoms with E-state index in [2.05, 4.69) is 36.5 Å². The maximum atomic E-state index is 12.2. The van der Waals surface area contributed by atoms with Gasteiger partial charge in [-0.15, -0.1) is 23.2 Å². The normalized spacial score (nSPS) is 9.98. The number of nitrogens with zero attached hydrogens (tertiary/aromatic N) is 1. The quantitative estimate of drug-likeness (QED) is 0.167. The second-order valence-corrected chi connectivity index (χ2v) is 10.8. The molecule has 41 heavy (non-hydrogen) atoms. The van der Waals surface area contributed by atoms with Crippen LogP contribution in [-0.4, -0.2) is 22.9 Å². The smallest absolute Gasteiger partial charge is 0.246 e. The zero-order chi connectivity index (χ0) is 30.5. The van der Waals surface area contributed by atoms with E-state index < -0.39 is 5.24 Å². The van der Waals surface area contributed by atoms with Gasteiger partial charge in [-0.05, 0) is 86.8 Å². The van der Waals surface area contributed by atoms with Crippen LogP contribution in [0.5, 0.6) is 0 Å². The van der Waals surface area contributed by atoms with Crippen molar-refractivity contribution in [3.05, 3.63) is 117 Å². The first kappa shape index (κ1) is 34.5. The minimum atomic E-state index is -0.508. The molecular formula is C32H31Cl5N2O2. The lowest BCUT2D eigenvalue weighted by Crippen LogP contribution is -2.27. The highest BCUT2D eigenvalue weighted by Crippen LogP contribution is 2.35. The van der Waals surface area contributed by atoms with E-state index in [1.807, 2.05) is 75.4 Å². The highest BCUT2D eigenvalue weighted by atomic mass is 35.5. The van der Waals surface area contributed by atoms with Crippen molar-refractivity contribution in [1.82, 2.24) is 0 Å². The highest BCUT2D eigenvalue weighted by Gasteiger charge is 2.21. The Kier molecular flexibility index (Phi) is 14.5. The summed E-state index contributed by atoms with van der Waals surface area (Å²) < 4.78 is 0. The Labute approximate surface area is 267 Å². The second-order valence-electron chi connectivity index (χ2n) is 9.02. The third kappa shape index (κ3) is 10.9. The number of hydrogen-bond acceptors (Lipinski definition) is 3. The van der Waals surface area contributed by atoms with E-state index in [9.17, 15) is 9.59 Å². The number of carbonyl (C=O) groups is 2. The molecule has 4 aromatic rings. The van der Waals surface area contributed by atoms with E-state index in [0.717, 1.165) is 38.8 Å². The number of benzene rings is 4. The van der Waals surface area contributed by atoms with Gasteiger partial charge >= 0.3 is 0 Å². The number of nitrogens with one attached hydrogen (secondary N) is 1. The van der Waals surface area contributed by atoms with Crippen molar-refractivity contribution in [2.75, 3.05) is 22.0 Å². The molecule has 0 aliphatic rings. The summed E-state index contributed by atoms with van der Waals surface area (Å²) in [6.07, 6.45) is 0. The van der Waals surface area contributed by atoms with Crippen molar-refractivity contribution in [1.29, 1.82) is 0 Å². The van der Waals surface area contributed by atoms with Crippen molar-refractivity contribution < 1.29 is 9.59 Å². The number of alkyl halides is 2. The number of hydrogen-bond donors (Lipinski definition) is 1. The number of amides is 1. The average Bonchev–Trinajstić information content (AvgIpc) is 2.95. The van der Waals surface area contributed by atoms with Crippen LogP contribution in [0.25, 0.3) is 0 Å². The zero-order valence-electron chi connectivity index (χ0n) is 23.2. The highest BCUT2D eigenvalue weighted by molar-refractivity contribution is 6.67. The number of rotatable bonds is 6. The molecule has 0 saturated heterocycles. The predicted molar refractivity (Wildman–Crippen MR) is 177 cm³/mol. The molecule has 0 fully saturated rings. The molecule has 0 aromatic heterocycles. The van der Waals surface area contributed by atoms with Gasteiger partial charge in [0, 0.05) is 11.4 Å². The molecule has 0 spiro atoms. The van der Waals surface area contributed by atoms with Crippen molar-refractivity contribution in [2.24, 2.45) is 0 Å². The van der Waals surface area contributed by atoms with Crippen LogP contribution in [-0.2, 0) is 9.59 Å². The maximum Gasteiger partial charge on any atom is 0.246 e. The molecule has 4 aromatic carbocycles. The Balaban J connectivity index is 0.000000251. The summed E-state index contributed by atoms with van der Waals surface area (Å²) in [7, 11) is 0. The van der Waals surface area contributed by atoms with E-state index in [4.69, 9.17) is 58.0 Å². The summed E-state index contributed by atoms with van der Waals surface area (Å²) in [5, 5.41) is 4.11.